The number of sulfone groups is 1. The van der Waals surface area contributed by atoms with Gasteiger partial charge in [0.1, 0.15) is 9.46 Å². The predicted octanol–water partition coefficient (Wildman–Crippen LogP) is 1.13. The normalized spacial score (nSPS) is 12.4. The van der Waals surface area contributed by atoms with Crippen LogP contribution in [-0.4, -0.2) is 33.8 Å². The first-order valence-corrected chi connectivity index (χ1v) is 9.21. The standard InChI is InChI=1S/C15H16N2O4S2/c1-16-14(18)15(19)17-10-12(11-6-3-2-4-7-11)23(20,21)13-8-5-9-22-13/h2-9,12H,10H2,1H3,(H,16,18)(H,17,19)/t12-/m0/s1. The van der Waals surface area contributed by atoms with Gasteiger partial charge in [0, 0.05) is 13.6 Å². The van der Waals surface area contributed by atoms with Gasteiger partial charge in [0.15, 0.2) is 9.84 Å². The smallest absolute Gasteiger partial charge is 0.309 e. The molecule has 0 saturated heterocycles. The maximum absolute atomic E-state index is 12.8. The first-order chi connectivity index (χ1) is 11.0. The third-order valence-electron chi connectivity index (χ3n) is 3.20. The maximum Gasteiger partial charge on any atom is 0.309 e. The number of hydrogen-bond acceptors (Lipinski definition) is 5. The van der Waals surface area contributed by atoms with Crippen molar-refractivity contribution in [2.45, 2.75) is 9.46 Å². The van der Waals surface area contributed by atoms with Crippen LogP contribution in [0.15, 0.2) is 52.1 Å². The highest BCUT2D eigenvalue weighted by atomic mass is 32.2. The average Bonchev–Trinajstić information content (AvgIpc) is 3.10. The third kappa shape index (κ3) is 3.96. The summed E-state index contributed by atoms with van der Waals surface area (Å²) in [6.45, 7) is -0.184. The van der Waals surface area contributed by atoms with Gasteiger partial charge < -0.3 is 10.6 Å². The van der Waals surface area contributed by atoms with Gasteiger partial charge >= 0.3 is 11.8 Å². The lowest BCUT2D eigenvalue weighted by molar-refractivity contribution is -0.138. The molecule has 1 heterocycles. The highest BCUT2D eigenvalue weighted by molar-refractivity contribution is 7.93. The second-order valence-corrected chi connectivity index (χ2v) is 7.97. The van der Waals surface area contributed by atoms with Crippen LogP contribution >= 0.6 is 11.3 Å². The molecular formula is C15H16N2O4S2. The Labute approximate surface area is 138 Å². The molecule has 1 atom stereocenters. The fraction of sp³-hybridized carbons (Fsp3) is 0.200. The zero-order valence-electron chi connectivity index (χ0n) is 12.4. The van der Waals surface area contributed by atoms with E-state index >= 15 is 0 Å². The Morgan fingerprint density at radius 1 is 1.09 bits per heavy atom. The van der Waals surface area contributed by atoms with Gasteiger partial charge in [0.2, 0.25) is 0 Å². The van der Waals surface area contributed by atoms with Gasteiger partial charge in [-0.15, -0.1) is 11.3 Å². The van der Waals surface area contributed by atoms with Gasteiger partial charge in [-0.25, -0.2) is 8.42 Å². The van der Waals surface area contributed by atoms with Crippen LogP contribution in [0, 0.1) is 0 Å². The van der Waals surface area contributed by atoms with Crippen LogP contribution in [0.2, 0.25) is 0 Å². The van der Waals surface area contributed by atoms with Crippen molar-refractivity contribution in [3.05, 3.63) is 53.4 Å². The minimum Gasteiger partial charge on any atom is -0.351 e. The van der Waals surface area contributed by atoms with E-state index < -0.39 is 26.9 Å². The molecule has 0 aliphatic rings. The third-order valence-corrected chi connectivity index (χ3v) is 6.73. The average molecular weight is 352 g/mol. The predicted molar refractivity (Wildman–Crippen MR) is 87.8 cm³/mol. The highest BCUT2D eigenvalue weighted by Gasteiger charge is 2.30. The molecule has 8 heteroatoms. The molecule has 23 heavy (non-hydrogen) atoms. The van der Waals surface area contributed by atoms with Crippen LogP contribution in [0.25, 0.3) is 0 Å². The summed E-state index contributed by atoms with van der Waals surface area (Å²) in [6, 6.07) is 11.8. The lowest BCUT2D eigenvalue weighted by Crippen LogP contribution is -2.40. The number of hydrogen-bond donors (Lipinski definition) is 2. The summed E-state index contributed by atoms with van der Waals surface area (Å²) in [5.74, 6) is -1.68. The van der Waals surface area contributed by atoms with Crippen molar-refractivity contribution in [3.63, 3.8) is 0 Å². The van der Waals surface area contributed by atoms with Crippen LogP contribution in [-0.2, 0) is 19.4 Å². The Bertz CT molecular complexity index is 771. The quantitative estimate of drug-likeness (QED) is 0.789. The van der Waals surface area contributed by atoms with E-state index in [1.54, 1.807) is 41.8 Å². The van der Waals surface area contributed by atoms with Gasteiger partial charge in [0.05, 0.1) is 0 Å². The molecule has 122 valence electrons. The van der Waals surface area contributed by atoms with Gasteiger partial charge in [-0.05, 0) is 17.0 Å². The molecule has 0 aliphatic carbocycles. The molecule has 1 aromatic heterocycles. The van der Waals surface area contributed by atoms with Crippen LogP contribution in [0.5, 0.6) is 0 Å². The Balaban J connectivity index is 2.30. The van der Waals surface area contributed by atoms with Gasteiger partial charge in [0.25, 0.3) is 0 Å². The molecule has 0 aliphatic heterocycles. The number of carbonyl (C=O) groups excluding carboxylic acids is 2. The zero-order valence-corrected chi connectivity index (χ0v) is 14.0. The van der Waals surface area contributed by atoms with E-state index in [2.05, 4.69) is 10.6 Å². The van der Waals surface area contributed by atoms with Gasteiger partial charge in [-0.1, -0.05) is 36.4 Å². The molecule has 2 aromatic rings. The molecule has 0 spiro atoms. The maximum atomic E-state index is 12.8. The van der Waals surface area contributed by atoms with E-state index in [1.807, 2.05) is 0 Å². The Morgan fingerprint density at radius 3 is 2.35 bits per heavy atom. The minimum absolute atomic E-state index is 0.184. The molecule has 6 nitrogen and oxygen atoms in total. The fourth-order valence-corrected chi connectivity index (χ4v) is 4.89. The number of thiophene rings is 1. The first-order valence-electron chi connectivity index (χ1n) is 6.79. The topological polar surface area (TPSA) is 92.3 Å². The summed E-state index contributed by atoms with van der Waals surface area (Å²) in [5.41, 5.74) is 0.554. The molecule has 0 bridgehead atoms. The Kier molecular flexibility index (Phi) is 5.51. The molecular weight excluding hydrogens is 336 g/mol. The number of nitrogens with one attached hydrogen (secondary N) is 2. The molecule has 0 saturated carbocycles. The van der Waals surface area contributed by atoms with Crippen molar-refractivity contribution in [2.75, 3.05) is 13.6 Å². The fourth-order valence-electron chi connectivity index (χ4n) is 2.02. The second-order valence-electron chi connectivity index (χ2n) is 4.67. The van der Waals surface area contributed by atoms with Crippen molar-refractivity contribution in [3.8, 4) is 0 Å². The number of benzene rings is 1. The molecule has 1 aromatic carbocycles. The van der Waals surface area contributed by atoms with Crippen molar-refractivity contribution in [1.29, 1.82) is 0 Å². The largest absolute Gasteiger partial charge is 0.351 e. The summed E-state index contributed by atoms with van der Waals surface area (Å²) in [5, 5.41) is 5.29. The van der Waals surface area contributed by atoms with Crippen LogP contribution in [0.3, 0.4) is 0 Å². The molecule has 0 radical (unpaired) electrons. The molecule has 2 N–H and O–H groups in total. The monoisotopic (exact) mass is 352 g/mol. The first kappa shape index (κ1) is 17.2. The zero-order chi connectivity index (χ0) is 16.9. The molecule has 2 amide bonds. The van der Waals surface area contributed by atoms with E-state index in [4.69, 9.17) is 0 Å². The summed E-state index contributed by atoms with van der Waals surface area (Å²) in [7, 11) is -2.33. The van der Waals surface area contributed by atoms with Gasteiger partial charge in [-0.2, -0.15) is 0 Å². The Hall–Kier alpha value is -2.19. The van der Waals surface area contributed by atoms with E-state index in [0.717, 1.165) is 11.3 Å². The SMILES string of the molecule is CNC(=O)C(=O)NC[C@@H](c1ccccc1)S(=O)(=O)c1cccs1. The van der Waals surface area contributed by atoms with E-state index in [1.165, 1.54) is 13.1 Å². The number of amides is 2. The highest BCUT2D eigenvalue weighted by Crippen LogP contribution is 2.30. The van der Waals surface area contributed by atoms with Crippen LogP contribution < -0.4 is 10.6 Å². The molecule has 0 unspecified atom stereocenters. The van der Waals surface area contributed by atoms with Crippen molar-refractivity contribution >= 4 is 33.0 Å². The number of likely N-dealkylation sites (N-methyl/N-ethyl adjacent to an activating group) is 1. The lowest BCUT2D eigenvalue weighted by atomic mass is 10.1. The lowest BCUT2D eigenvalue weighted by Gasteiger charge is -2.17. The van der Waals surface area contributed by atoms with E-state index in [9.17, 15) is 18.0 Å². The summed E-state index contributed by atoms with van der Waals surface area (Å²) < 4.78 is 25.8. The number of rotatable bonds is 5. The number of carbonyl (C=O) groups is 2. The second kappa shape index (κ2) is 7.38. The van der Waals surface area contributed by atoms with Crippen LogP contribution in [0.1, 0.15) is 10.8 Å². The summed E-state index contributed by atoms with van der Waals surface area (Å²) >= 11 is 1.12. The van der Waals surface area contributed by atoms with E-state index in [0.29, 0.717) is 5.56 Å². The van der Waals surface area contributed by atoms with Crippen molar-refractivity contribution in [2.24, 2.45) is 0 Å². The summed E-state index contributed by atoms with van der Waals surface area (Å²) in [4.78, 5) is 22.9. The van der Waals surface area contributed by atoms with Crippen molar-refractivity contribution in [1.82, 2.24) is 10.6 Å². The molecule has 2 rings (SSSR count). The van der Waals surface area contributed by atoms with Crippen molar-refractivity contribution < 1.29 is 18.0 Å². The Morgan fingerprint density at radius 2 is 1.78 bits per heavy atom. The van der Waals surface area contributed by atoms with Gasteiger partial charge in [-0.3, -0.25) is 9.59 Å². The van der Waals surface area contributed by atoms with E-state index in [-0.39, 0.29) is 10.8 Å². The minimum atomic E-state index is -3.67. The van der Waals surface area contributed by atoms with Crippen LogP contribution in [0.4, 0.5) is 0 Å². The summed E-state index contributed by atoms with van der Waals surface area (Å²) in [6.07, 6.45) is 0. The molecule has 0 fully saturated rings.